The summed E-state index contributed by atoms with van der Waals surface area (Å²) in [7, 11) is 0. The van der Waals surface area contributed by atoms with E-state index in [0.717, 1.165) is 5.82 Å². The number of benzene rings is 1. The summed E-state index contributed by atoms with van der Waals surface area (Å²) >= 11 is 0. The molecule has 1 aliphatic rings. The fourth-order valence-corrected chi connectivity index (χ4v) is 2.73. The molecule has 2 heterocycles. The van der Waals surface area contributed by atoms with Crippen molar-refractivity contribution >= 4 is 29.2 Å². The van der Waals surface area contributed by atoms with Gasteiger partial charge in [-0.3, -0.25) is 14.4 Å². The highest BCUT2D eigenvalue weighted by molar-refractivity contribution is 6.39. The van der Waals surface area contributed by atoms with Gasteiger partial charge < -0.3 is 20.9 Å². The van der Waals surface area contributed by atoms with Crippen molar-refractivity contribution in [2.24, 2.45) is 5.73 Å². The van der Waals surface area contributed by atoms with Crippen LogP contribution in [-0.4, -0.2) is 53.8 Å². The minimum atomic E-state index is -0.705. The first kappa shape index (κ1) is 17.4. The van der Waals surface area contributed by atoms with E-state index in [4.69, 9.17) is 5.73 Å². The molecule has 2 aromatic rings. The average Bonchev–Trinajstić information content (AvgIpc) is 2.68. The van der Waals surface area contributed by atoms with Gasteiger partial charge in [0.05, 0.1) is 0 Å². The molecular formula is C18H19N5O3. The predicted octanol–water partition coefficient (Wildman–Crippen LogP) is 0.468. The molecule has 0 atom stereocenters. The van der Waals surface area contributed by atoms with Gasteiger partial charge in [-0.05, 0) is 36.4 Å². The third-order valence-corrected chi connectivity index (χ3v) is 4.16. The summed E-state index contributed by atoms with van der Waals surface area (Å²) in [5, 5.41) is 2.54. The quantitative estimate of drug-likeness (QED) is 0.780. The summed E-state index contributed by atoms with van der Waals surface area (Å²) < 4.78 is 0. The van der Waals surface area contributed by atoms with E-state index in [9.17, 15) is 14.4 Å². The van der Waals surface area contributed by atoms with Gasteiger partial charge in [-0.1, -0.05) is 6.07 Å². The van der Waals surface area contributed by atoms with E-state index in [1.165, 1.54) is 29.2 Å². The van der Waals surface area contributed by atoms with Crippen molar-refractivity contribution in [3.8, 4) is 0 Å². The van der Waals surface area contributed by atoms with Crippen LogP contribution in [0.15, 0.2) is 48.7 Å². The van der Waals surface area contributed by atoms with Gasteiger partial charge in [-0.15, -0.1) is 0 Å². The van der Waals surface area contributed by atoms with Gasteiger partial charge in [0.1, 0.15) is 5.82 Å². The van der Waals surface area contributed by atoms with Gasteiger partial charge in [-0.2, -0.15) is 0 Å². The molecular weight excluding hydrogens is 334 g/mol. The molecule has 3 amide bonds. The third kappa shape index (κ3) is 3.97. The highest BCUT2D eigenvalue weighted by Crippen LogP contribution is 2.13. The molecule has 1 aromatic heterocycles. The Morgan fingerprint density at radius 2 is 1.65 bits per heavy atom. The normalized spacial score (nSPS) is 14.0. The maximum Gasteiger partial charge on any atom is 0.313 e. The molecule has 8 heteroatoms. The average molecular weight is 353 g/mol. The fraction of sp³-hybridized carbons (Fsp3) is 0.222. The lowest BCUT2D eigenvalue weighted by Gasteiger charge is -2.34. The van der Waals surface area contributed by atoms with Crippen molar-refractivity contribution in [3.63, 3.8) is 0 Å². The van der Waals surface area contributed by atoms with Crippen molar-refractivity contribution in [1.29, 1.82) is 0 Å². The second-order valence-electron chi connectivity index (χ2n) is 5.86. The van der Waals surface area contributed by atoms with Gasteiger partial charge >= 0.3 is 11.8 Å². The molecule has 0 spiro atoms. The standard InChI is InChI=1S/C18H19N5O3/c19-16(24)13-4-6-14(7-5-13)21-17(25)18(26)23-11-9-22(10-12-23)15-3-1-2-8-20-15/h1-8H,9-12H2,(H2,19,24)(H,21,25). The molecule has 0 bridgehead atoms. The molecule has 1 saturated heterocycles. The fourth-order valence-electron chi connectivity index (χ4n) is 2.73. The lowest BCUT2D eigenvalue weighted by atomic mass is 10.2. The molecule has 0 unspecified atom stereocenters. The van der Waals surface area contributed by atoms with Crippen molar-refractivity contribution in [2.75, 3.05) is 36.4 Å². The van der Waals surface area contributed by atoms with Crippen LogP contribution in [-0.2, 0) is 9.59 Å². The van der Waals surface area contributed by atoms with E-state index in [1.54, 1.807) is 6.20 Å². The van der Waals surface area contributed by atoms with Gasteiger partial charge in [-0.25, -0.2) is 4.98 Å². The van der Waals surface area contributed by atoms with Crippen LogP contribution in [0.3, 0.4) is 0 Å². The van der Waals surface area contributed by atoms with Crippen LogP contribution in [0.25, 0.3) is 0 Å². The second kappa shape index (κ2) is 7.64. The van der Waals surface area contributed by atoms with Gasteiger partial charge in [0.25, 0.3) is 0 Å². The van der Waals surface area contributed by atoms with E-state index in [1.807, 2.05) is 18.2 Å². The van der Waals surface area contributed by atoms with Gasteiger partial charge in [0, 0.05) is 43.6 Å². The van der Waals surface area contributed by atoms with E-state index in [0.29, 0.717) is 37.4 Å². The van der Waals surface area contributed by atoms with E-state index in [2.05, 4.69) is 15.2 Å². The summed E-state index contributed by atoms with van der Waals surface area (Å²) in [5.74, 6) is -0.976. The number of piperazine rings is 1. The topological polar surface area (TPSA) is 109 Å². The number of nitrogens with two attached hydrogens (primary N) is 1. The number of amides is 3. The Balaban J connectivity index is 1.54. The van der Waals surface area contributed by atoms with Crippen molar-refractivity contribution in [1.82, 2.24) is 9.88 Å². The predicted molar refractivity (Wildman–Crippen MR) is 96.6 cm³/mol. The Bertz CT molecular complexity index is 799. The molecule has 8 nitrogen and oxygen atoms in total. The summed E-state index contributed by atoms with van der Waals surface area (Å²) in [6.07, 6.45) is 1.73. The first-order valence-electron chi connectivity index (χ1n) is 8.21. The third-order valence-electron chi connectivity index (χ3n) is 4.16. The number of rotatable bonds is 3. The largest absolute Gasteiger partial charge is 0.366 e. The maximum absolute atomic E-state index is 12.3. The van der Waals surface area contributed by atoms with Crippen LogP contribution in [0.1, 0.15) is 10.4 Å². The Kier molecular flexibility index (Phi) is 5.12. The zero-order valence-corrected chi connectivity index (χ0v) is 14.1. The molecule has 1 fully saturated rings. The molecule has 26 heavy (non-hydrogen) atoms. The number of hydrogen-bond acceptors (Lipinski definition) is 5. The van der Waals surface area contributed by atoms with E-state index < -0.39 is 17.7 Å². The van der Waals surface area contributed by atoms with Crippen molar-refractivity contribution < 1.29 is 14.4 Å². The number of nitrogens with one attached hydrogen (secondary N) is 1. The van der Waals surface area contributed by atoms with Crippen LogP contribution in [0.5, 0.6) is 0 Å². The first-order valence-corrected chi connectivity index (χ1v) is 8.21. The summed E-state index contributed by atoms with van der Waals surface area (Å²) in [6, 6.07) is 11.7. The van der Waals surface area contributed by atoms with Crippen LogP contribution in [0, 0.1) is 0 Å². The van der Waals surface area contributed by atoms with E-state index >= 15 is 0 Å². The smallest absolute Gasteiger partial charge is 0.313 e. The zero-order chi connectivity index (χ0) is 18.5. The minimum absolute atomic E-state index is 0.333. The molecule has 0 aliphatic carbocycles. The highest BCUT2D eigenvalue weighted by atomic mass is 16.2. The maximum atomic E-state index is 12.3. The zero-order valence-electron chi connectivity index (χ0n) is 14.1. The first-order chi connectivity index (χ1) is 12.5. The van der Waals surface area contributed by atoms with Crippen LogP contribution in [0.2, 0.25) is 0 Å². The molecule has 134 valence electrons. The Labute approximate surface area is 150 Å². The number of carbonyl (C=O) groups is 3. The SMILES string of the molecule is NC(=O)c1ccc(NC(=O)C(=O)N2CCN(c3ccccn3)CC2)cc1. The number of carbonyl (C=O) groups excluding carboxylic acids is 3. The van der Waals surface area contributed by atoms with Gasteiger partial charge in [0.15, 0.2) is 0 Å². The minimum Gasteiger partial charge on any atom is -0.366 e. The number of hydrogen-bond donors (Lipinski definition) is 2. The Morgan fingerprint density at radius 1 is 0.962 bits per heavy atom. The molecule has 0 saturated carbocycles. The van der Waals surface area contributed by atoms with Crippen LogP contribution >= 0.6 is 0 Å². The van der Waals surface area contributed by atoms with Crippen LogP contribution in [0.4, 0.5) is 11.5 Å². The lowest BCUT2D eigenvalue weighted by Crippen LogP contribution is -2.51. The number of nitrogens with zero attached hydrogens (tertiary/aromatic N) is 3. The Morgan fingerprint density at radius 3 is 2.23 bits per heavy atom. The van der Waals surface area contributed by atoms with Crippen molar-refractivity contribution in [3.05, 3.63) is 54.2 Å². The van der Waals surface area contributed by atoms with Crippen molar-refractivity contribution in [2.45, 2.75) is 0 Å². The highest BCUT2D eigenvalue weighted by Gasteiger charge is 2.26. The van der Waals surface area contributed by atoms with Crippen LogP contribution < -0.4 is 16.0 Å². The number of pyridine rings is 1. The van der Waals surface area contributed by atoms with E-state index in [-0.39, 0.29) is 0 Å². The number of aromatic nitrogens is 1. The summed E-state index contributed by atoms with van der Waals surface area (Å²) in [5.41, 5.74) is 5.93. The Hall–Kier alpha value is -3.42. The second-order valence-corrected chi connectivity index (χ2v) is 5.86. The lowest BCUT2D eigenvalue weighted by molar-refractivity contribution is -0.143. The molecule has 1 aliphatic heterocycles. The summed E-state index contributed by atoms with van der Waals surface area (Å²) in [4.78, 5) is 43.4. The number of anilines is 2. The molecule has 3 rings (SSSR count). The number of primary amides is 1. The van der Waals surface area contributed by atoms with Gasteiger partial charge in [0.2, 0.25) is 5.91 Å². The monoisotopic (exact) mass is 353 g/mol. The molecule has 3 N–H and O–H groups in total. The summed E-state index contributed by atoms with van der Waals surface area (Å²) in [6.45, 7) is 2.12. The molecule has 1 aromatic carbocycles. The molecule has 0 radical (unpaired) electrons.